The standard InChI is InChI=1S/C22H14Br2N2O/c23-17-8-6-16(7-9-17)21-25-20(14-15-4-2-1-3-5-15)22(27)26(21)19-12-10-18(24)11-13-19/h1-14H/b20-14+. The van der Waals surface area contributed by atoms with Crippen LogP contribution in [-0.2, 0) is 4.79 Å². The van der Waals surface area contributed by atoms with Gasteiger partial charge in [0.1, 0.15) is 11.5 Å². The van der Waals surface area contributed by atoms with Crippen LogP contribution in [0.5, 0.6) is 0 Å². The molecule has 0 aromatic heterocycles. The average molecular weight is 482 g/mol. The Kier molecular flexibility index (Phi) is 5.05. The number of hydrogen-bond donors (Lipinski definition) is 0. The summed E-state index contributed by atoms with van der Waals surface area (Å²) in [6.07, 6.45) is 1.82. The quantitative estimate of drug-likeness (QED) is 0.419. The number of amidine groups is 1. The molecule has 0 bridgehead atoms. The van der Waals surface area contributed by atoms with E-state index >= 15 is 0 Å². The summed E-state index contributed by atoms with van der Waals surface area (Å²) in [6, 6.07) is 25.2. The van der Waals surface area contributed by atoms with E-state index in [2.05, 4.69) is 36.9 Å². The van der Waals surface area contributed by atoms with Crippen LogP contribution in [0.15, 0.2) is 98.5 Å². The van der Waals surface area contributed by atoms with Crippen LogP contribution >= 0.6 is 31.9 Å². The summed E-state index contributed by atoms with van der Waals surface area (Å²) >= 11 is 6.90. The lowest BCUT2D eigenvalue weighted by Crippen LogP contribution is -2.32. The normalized spacial score (nSPS) is 15.3. The fourth-order valence-electron chi connectivity index (χ4n) is 2.85. The van der Waals surface area contributed by atoms with Gasteiger partial charge in [-0.25, -0.2) is 4.99 Å². The van der Waals surface area contributed by atoms with Crippen molar-refractivity contribution in [3.8, 4) is 0 Å². The molecule has 0 radical (unpaired) electrons. The Morgan fingerprint density at radius 2 is 1.37 bits per heavy atom. The van der Waals surface area contributed by atoms with Gasteiger partial charge < -0.3 is 0 Å². The van der Waals surface area contributed by atoms with Crippen LogP contribution in [0.4, 0.5) is 5.69 Å². The maximum atomic E-state index is 13.2. The highest BCUT2D eigenvalue weighted by Gasteiger charge is 2.32. The Morgan fingerprint density at radius 3 is 2.00 bits per heavy atom. The number of carbonyl (C=O) groups excluding carboxylic acids is 1. The number of benzene rings is 3. The first-order valence-electron chi connectivity index (χ1n) is 8.33. The molecule has 1 amide bonds. The van der Waals surface area contributed by atoms with Crippen molar-refractivity contribution in [3.05, 3.63) is 105 Å². The second kappa shape index (κ2) is 7.62. The summed E-state index contributed by atoms with van der Waals surface area (Å²) in [7, 11) is 0. The summed E-state index contributed by atoms with van der Waals surface area (Å²) in [6.45, 7) is 0. The lowest BCUT2D eigenvalue weighted by Gasteiger charge is -2.18. The zero-order chi connectivity index (χ0) is 18.8. The van der Waals surface area contributed by atoms with Crippen LogP contribution in [0.3, 0.4) is 0 Å². The number of hydrogen-bond acceptors (Lipinski definition) is 2. The maximum Gasteiger partial charge on any atom is 0.282 e. The molecule has 0 saturated heterocycles. The molecule has 0 spiro atoms. The third kappa shape index (κ3) is 3.80. The minimum absolute atomic E-state index is 0.140. The van der Waals surface area contributed by atoms with Gasteiger partial charge in [0, 0.05) is 14.5 Å². The molecular formula is C22H14Br2N2O. The fourth-order valence-corrected chi connectivity index (χ4v) is 3.37. The first-order valence-corrected chi connectivity index (χ1v) is 9.92. The number of aliphatic imine (C=N–C) groups is 1. The Hall–Kier alpha value is -2.50. The maximum absolute atomic E-state index is 13.2. The van der Waals surface area contributed by atoms with Gasteiger partial charge in [0.05, 0.1) is 5.69 Å². The van der Waals surface area contributed by atoms with Crippen molar-refractivity contribution >= 4 is 55.4 Å². The van der Waals surface area contributed by atoms with Crippen molar-refractivity contribution in [1.82, 2.24) is 0 Å². The molecule has 0 aliphatic carbocycles. The van der Waals surface area contributed by atoms with E-state index in [4.69, 9.17) is 0 Å². The van der Waals surface area contributed by atoms with Crippen molar-refractivity contribution in [2.45, 2.75) is 0 Å². The van der Waals surface area contributed by atoms with E-state index < -0.39 is 0 Å². The molecule has 1 heterocycles. The van der Waals surface area contributed by atoms with Crippen LogP contribution in [0, 0.1) is 0 Å². The average Bonchev–Trinajstić information content (AvgIpc) is 3.00. The zero-order valence-electron chi connectivity index (χ0n) is 14.1. The highest BCUT2D eigenvalue weighted by atomic mass is 79.9. The van der Waals surface area contributed by atoms with Gasteiger partial charge in [0.25, 0.3) is 5.91 Å². The Morgan fingerprint density at radius 1 is 0.778 bits per heavy atom. The molecule has 3 aromatic rings. The van der Waals surface area contributed by atoms with Crippen LogP contribution in [-0.4, -0.2) is 11.7 Å². The SMILES string of the molecule is O=C1/C(=C\c2ccccc2)N=C(c2ccc(Br)cc2)N1c1ccc(Br)cc1. The van der Waals surface area contributed by atoms with Crippen LogP contribution in [0.25, 0.3) is 6.08 Å². The minimum atomic E-state index is -0.140. The molecule has 0 fully saturated rings. The smallest absolute Gasteiger partial charge is 0.266 e. The van der Waals surface area contributed by atoms with E-state index in [0.29, 0.717) is 11.5 Å². The zero-order valence-corrected chi connectivity index (χ0v) is 17.3. The molecule has 1 aliphatic heterocycles. The fraction of sp³-hybridized carbons (Fsp3) is 0. The van der Waals surface area contributed by atoms with E-state index in [9.17, 15) is 4.79 Å². The molecule has 27 heavy (non-hydrogen) atoms. The van der Waals surface area contributed by atoms with E-state index in [-0.39, 0.29) is 5.91 Å². The second-order valence-corrected chi connectivity index (χ2v) is 7.83. The van der Waals surface area contributed by atoms with E-state index in [1.54, 1.807) is 4.90 Å². The van der Waals surface area contributed by atoms with Crippen molar-refractivity contribution in [1.29, 1.82) is 0 Å². The number of halogens is 2. The van der Waals surface area contributed by atoms with Gasteiger partial charge in [-0.3, -0.25) is 9.69 Å². The van der Waals surface area contributed by atoms with E-state index in [1.807, 2.05) is 84.9 Å². The molecule has 0 N–H and O–H groups in total. The summed E-state index contributed by atoms with van der Waals surface area (Å²) in [4.78, 5) is 19.5. The lowest BCUT2D eigenvalue weighted by atomic mass is 10.1. The molecule has 0 atom stereocenters. The third-order valence-corrected chi connectivity index (χ3v) is 5.21. The predicted octanol–water partition coefficient (Wildman–Crippen LogP) is 6.05. The molecule has 3 nitrogen and oxygen atoms in total. The largest absolute Gasteiger partial charge is 0.282 e. The molecule has 4 rings (SSSR count). The molecule has 5 heteroatoms. The number of rotatable bonds is 3. The molecule has 1 aliphatic rings. The highest BCUT2D eigenvalue weighted by Crippen LogP contribution is 2.29. The molecular weight excluding hydrogens is 468 g/mol. The number of amides is 1. The summed E-state index contributed by atoms with van der Waals surface area (Å²) in [5.41, 5.74) is 3.02. The van der Waals surface area contributed by atoms with Gasteiger partial charge in [0.2, 0.25) is 0 Å². The first kappa shape index (κ1) is 17.9. The molecule has 0 saturated carbocycles. The van der Waals surface area contributed by atoms with Crippen molar-refractivity contribution < 1.29 is 4.79 Å². The predicted molar refractivity (Wildman–Crippen MR) is 117 cm³/mol. The van der Waals surface area contributed by atoms with Gasteiger partial charge in [-0.15, -0.1) is 0 Å². The Bertz CT molecular complexity index is 1040. The van der Waals surface area contributed by atoms with Gasteiger partial charge in [-0.05, 0) is 48.0 Å². The Balaban J connectivity index is 1.82. The molecule has 132 valence electrons. The van der Waals surface area contributed by atoms with E-state index in [0.717, 1.165) is 25.8 Å². The van der Waals surface area contributed by atoms with Crippen LogP contribution in [0.2, 0.25) is 0 Å². The number of carbonyl (C=O) groups is 1. The van der Waals surface area contributed by atoms with Gasteiger partial charge in [0.15, 0.2) is 0 Å². The van der Waals surface area contributed by atoms with Gasteiger partial charge in [-0.1, -0.05) is 74.3 Å². The van der Waals surface area contributed by atoms with Gasteiger partial charge in [-0.2, -0.15) is 0 Å². The summed E-state index contributed by atoms with van der Waals surface area (Å²) in [5.74, 6) is 0.482. The number of anilines is 1. The van der Waals surface area contributed by atoms with Crippen molar-refractivity contribution in [2.75, 3.05) is 4.90 Å². The topological polar surface area (TPSA) is 32.7 Å². The minimum Gasteiger partial charge on any atom is -0.266 e. The number of nitrogens with zero attached hydrogens (tertiary/aromatic N) is 2. The van der Waals surface area contributed by atoms with Crippen molar-refractivity contribution in [2.24, 2.45) is 4.99 Å². The summed E-state index contributed by atoms with van der Waals surface area (Å²) in [5, 5.41) is 0. The molecule has 3 aromatic carbocycles. The van der Waals surface area contributed by atoms with E-state index in [1.165, 1.54) is 0 Å². The molecule has 0 unspecified atom stereocenters. The second-order valence-electron chi connectivity index (χ2n) is 6.00. The Labute approximate surface area is 174 Å². The van der Waals surface area contributed by atoms with Gasteiger partial charge >= 0.3 is 0 Å². The summed E-state index contributed by atoms with van der Waals surface area (Å²) < 4.78 is 1.94. The first-order chi connectivity index (χ1) is 13.1. The van der Waals surface area contributed by atoms with Crippen molar-refractivity contribution in [3.63, 3.8) is 0 Å². The highest BCUT2D eigenvalue weighted by molar-refractivity contribution is 9.10. The van der Waals surface area contributed by atoms with Crippen LogP contribution < -0.4 is 4.90 Å². The lowest BCUT2D eigenvalue weighted by molar-refractivity contribution is -0.113. The monoisotopic (exact) mass is 480 g/mol. The third-order valence-electron chi connectivity index (χ3n) is 4.15. The van der Waals surface area contributed by atoms with Crippen LogP contribution in [0.1, 0.15) is 11.1 Å².